The zero-order valence-electron chi connectivity index (χ0n) is 17.4. The molecule has 0 aromatic carbocycles. The Bertz CT molecular complexity index is 497. The number of amides is 1. The largest absolute Gasteiger partial charge is 0.355 e. The molecule has 0 aromatic rings. The van der Waals surface area contributed by atoms with Gasteiger partial charge in [0.25, 0.3) is 0 Å². The Morgan fingerprint density at radius 2 is 1.81 bits per heavy atom. The first-order chi connectivity index (χ1) is 13.2. The van der Waals surface area contributed by atoms with Gasteiger partial charge in [-0.05, 0) is 51.6 Å². The molecule has 6 nitrogen and oxygen atoms in total. The zero-order chi connectivity index (χ0) is 19.1. The predicted octanol–water partition coefficient (Wildman–Crippen LogP) is 2.21. The quantitative estimate of drug-likeness (QED) is 0.550. The molecule has 3 rings (SSSR count). The Morgan fingerprint density at radius 3 is 2.48 bits per heavy atom. The normalized spacial score (nSPS) is 26.4. The van der Waals surface area contributed by atoms with E-state index >= 15 is 0 Å². The smallest absolute Gasteiger partial charge is 0.225 e. The maximum absolute atomic E-state index is 12.7. The van der Waals surface area contributed by atoms with E-state index in [1.54, 1.807) is 0 Å². The van der Waals surface area contributed by atoms with Crippen LogP contribution in [0.3, 0.4) is 0 Å². The first-order valence-corrected chi connectivity index (χ1v) is 11.2. The molecule has 2 N–H and O–H groups in total. The minimum atomic E-state index is 0.278. The average Bonchev–Trinajstić information content (AvgIpc) is 3.40. The molecule has 3 aliphatic rings. The van der Waals surface area contributed by atoms with Crippen LogP contribution < -0.4 is 10.6 Å². The molecule has 0 bridgehead atoms. The summed E-state index contributed by atoms with van der Waals surface area (Å²) >= 11 is 0. The van der Waals surface area contributed by atoms with E-state index in [1.807, 2.05) is 7.05 Å². The lowest BCUT2D eigenvalue weighted by molar-refractivity contribution is -0.135. The van der Waals surface area contributed by atoms with E-state index in [2.05, 4.69) is 32.3 Å². The van der Waals surface area contributed by atoms with Gasteiger partial charge >= 0.3 is 0 Å². The summed E-state index contributed by atoms with van der Waals surface area (Å²) in [6, 6.07) is 0.898. The Balaban J connectivity index is 1.42. The van der Waals surface area contributed by atoms with Gasteiger partial charge in [-0.25, -0.2) is 0 Å². The van der Waals surface area contributed by atoms with Crippen LogP contribution in [0.4, 0.5) is 0 Å². The summed E-state index contributed by atoms with van der Waals surface area (Å²) in [6.07, 6.45) is 10.8. The molecule has 2 heterocycles. The molecule has 2 unspecified atom stereocenters. The third kappa shape index (κ3) is 5.59. The minimum Gasteiger partial charge on any atom is -0.355 e. The van der Waals surface area contributed by atoms with Crippen LogP contribution in [0.5, 0.6) is 0 Å². The molecule has 0 spiro atoms. The second-order valence-corrected chi connectivity index (χ2v) is 8.51. The average molecular weight is 378 g/mol. The lowest BCUT2D eigenvalue weighted by Gasteiger charge is -2.28. The van der Waals surface area contributed by atoms with E-state index in [4.69, 9.17) is 0 Å². The Morgan fingerprint density at radius 1 is 1.07 bits per heavy atom. The number of carbonyl (C=O) groups is 1. The predicted molar refractivity (Wildman–Crippen MR) is 111 cm³/mol. The van der Waals surface area contributed by atoms with E-state index in [-0.39, 0.29) is 5.92 Å². The molecular formula is C21H39N5O. The molecule has 0 aromatic heterocycles. The van der Waals surface area contributed by atoms with E-state index in [1.165, 1.54) is 45.2 Å². The molecule has 2 saturated heterocycles. The summed E-state index contributed by atoms with van der Waals surface area (Å²) < 4.78 is 0. The van der Waals surface area contributed by atoms with Crippen molar-refractivity contribution in [3.63, 3.8) is 0 Å². The number of aliphatic imine (C=N–C) groups is 1. The van der Waals surface area contributed by atoms with Crippen molar-refractivity contribution in [3.05, 3.63) is 0 Å². The van der Waals surface area contributed by atoms with Crippen LogP contribution in [0.25, 0.3) is 0 Å². The van der Waals surface area contributed by atoms with E-state index in [9.17, 15) is 4.79 Å². The highest BCUT2D eigenvalue weighted by molar-refractivity contribution is 5.81. The van der Waals surface area contributed by atoms with Crippen molar-refractivity contribution >= 4 is 11.9 Å². The highest BCUT2D eigenvalue weighted by Gasteiger charge is 2.32. The van der Waals surface area contributed by atoms with Crippen molar-refractivity contribution in [3.8, 4) is 0 Å². The second kappa shape index (κ2) is 10.3. The highest BCUT2D eigenvalue weighted by Crippen LogP contribution is 2.26. The molecule has 27 heavy (non-hydrogen) atoms. The van der Waals surface area contributed by atoms with Gasteiger partial charge in [-0.1, -0.05) is 26.2 Å². The number of hydrogen-bond donors (Lipinski definition) is 2. The molecule has 6 heteroatoms. The zero-order valence-corrected chi connectivity index (χ0v) is 17.4. The van der Waals surface area contributed by atoms with Crippen LogP contribution in [-0.2, 0) is 4.79 Å². The van der Waals surface area contributed by atoms with Gasteiger partial charge in [-0.3, -0.25) is 14.7 Å². The van der Waals surface area contributed by atoms with Crippen molar-refractivity contribution in [2.45, 2.75) is 76.8 Å². The van der Waals surface area contributed by atoms with Gasteiger partial charge in [0.2, 0.25) is 5.91 Å². The molecule has 3 fully saturated rings. The SMILES string of the molecule is CCC(CNC(=NC)NC1CCN(C(=O)C2CCCCC2)C1)N1CCCC1. The summed E-state index contributed by atoms with van der Waals surface area (Å²) in [4.78, 5) is 21.8. The number of nitrogens with zero attached hydrogens (tertiary/aromatic N) is 3. The van der Waals surface area contributed by atoms with Gasteiger partial charge < -0.3 is 15.5 Å². The molecule has 1 saturated carbocycles. The van der Waals surface area contributed by atoms with Crippen molar-refractivity contribution < 1.29 is 4.79 Å². The number of guanidine groups is 1. The highest BCUT2D eigenvalue weighted by atomic mass is 16.2. The number of carbonyl (C=O) groups excluding carboxylic acids is 1. The fraction of sp³-hybridized carbons (Fsp3) is 0.905. The van der Waals surface area contributed by atoms with Gasteiger partial charge in [-0.2, -0.15) is 0 Å². The van der Waals surface area contributed by atoms with Gasteiger partial charge in [0.05, 0.1) is 0 Å². The fourth-order valence-corrected chi connectivity index (χ4v) is 4.93. The number of hydrogen-bond acceptors (Lipinski definition) is 3. The standard InChI is InChI=1S/C21H39N5O/c1-3-19(25-12-7-8-13-25)15-23-21(22-2)24-18-11-14-26(16-18)20(27)17-9-5-4-6-10-17/h17-19H,3-16H2,1-2H3,(H2,22,23,24). The maximum Gasteiger partial charge on any atom is 0.225 e. The molecule has 2 atom stereocenters. The van der Waals surface area contributed by atoms with E-state index in [0.717, 1.165) is 51.3 Å². The molecule has 1 aliphatic carbocycles. The fourth-order valence-electron chi connectivity index (χ4n) is 4.93. The van der Waals surface area contributed by atoms with Crippen molar-refractivity contribution in [2.24, 2.45) is 10.9 Å². The third-order valence-electron chi connectivity index (χ3n) is 6.65. The first-order valence-electron chi connectivity index (χ1n) is 11.2. The van der Waals surface area contributed by atoms with Gasteiger partial charge in [0.15, 0.2) is 5.96 Å². The summed E-state index contributed by atoms with van der Waals surface area (Å²) in [7, 11) is 1.84. The molecule has 0 radical (unpaired) electrons. The molecular weight excluding hydrogens is 338 g/mol. The lowest BCUT2D eigenvalue weighted by atomic mass is 9.88. The number of rotatable bonds is 6. The molecule has 154 valence electrons. The van der Waals surface area contributed by atoms with Crippen molar-refractivity contribution in [1.29, 1.82) is 0 Å². The molecule has 1 amide bonds. The topological polar surface area (TPSA) is 60.0 Å². The second-order valence-electron chi connectivity index (χ2n) is 8.51. The van der Waals surface area contributed by atoms with Crippen LogP contribution in [0.1, 0.15) is 64.7 Å². The van der Waals surface area contributed by atoms with E-state index < -0.39 is 0 Å². The number of nitrogens with one attached hydrogen (secondary N) is 2. The van der Waals surface area contributed by atoms with Gasteiger partial charge in [-0.15, -0.1) is 0 Å². The Labute approximate surface area is 165 Å². The summed E-state index contributed by atoms with van der Waals surface area (Å²) in [6.45, 7) is 7.37. The van der Waals surface area contributed by atoms with Crippen molar-refractivity contribution in [1.82, 2.24) is 20.4 Å². The Hall–Kier alpha value is -1.30. The summed E-state index contributed by atoms with van der Waals surface area (Å²) in [5.41, 5.74) is 0. The van der Waals surface area contributed by atoms with Crippen LogP contribution in [0.2, 0.25) is 0 Å². The maximum atomic E-state index is 12.7. The minimum absolute atomic E-state index is 0.278. The first kappa shape index (κ1) is 20.4. The molecule has 2 aliphatic heterocycles. The lowest BCUT2D eigenvalue weighted by Crippen LogP contribution is -2.49. The summed E-state index contributed by atoms with van der Waals surface area (Å²) in [5, 5.41) is 7.08. The van der Waals surface area contributed by atoms with Crippen LogP contribution in [-0.4, -0.2) is 73.5 Å². The van der Waals surface area contributed by atoms with E-state index in [0.29, 0.717) is 18.0 Å². The van der Waals surface area contributed by atoms with Gasteiger partial charge in [0.1, 0.15) is 0 Å². The van der Waals surface area contributed by atoms with Crippen LogP contribution in [0, 0.1) is 5.92 Å². The third-order valence-corrected chi connectivity index (χ3v) is 6.65. The van der Waals surface area contributed by atoms with Gasteiger partial charge in [0, 0.05) is 44.7 Å². The summed E-state index contributed by atoms with van der Waals surface area (Å²) in [5.74, 6) is 1.55. The monoisotopic (exact) mass is 377 g/mol. The van der Waals surface area contributed by atoms with Crippen LogP contribution in [0.15, 0.2) is 4.99 Å². The number of likely N-dealkylation sites (tertiary alicyclic amines) is 2. The van der Waals surface area contributed by atoms with Crippen LogP contribution >= 0.6 is 0 Å². The van der Waals surface area contributed by atoms with Crippen molar-refractivity contribution in [2.75, 3.05) is 39.8 Å². The Kier molecular flexibility index (Phi) is 7.80.